The van der Waals surface area contributed by atoms with Crippen LogP contribution in [0.2, 0.25) is 0 Å². The lowest BCUT2D eigenvalue weighted by molar-refractivity contribution is -0.142. The average Bonchev–Trinajstić information content (AvgIpc) is 2.70. The standard InChI is InChI=1S/C14H23N3O2S/c1-5-19-12(18)8-11-10(2)16-13(20-11)17-7-6-15-14(3,4)9-17/h15H,5-9H2,1-4H3. The molecule has 1 fully saturated rings. The van der Waals surface area contributed by atoms with Gasteiger partial charge < -0.3 is 15.0 Å². The Kier molecular flexibility index (Phi) is 4.65. The van der Waals surface area contributed by atoms with Crippen LogP contribution in [0.4, 0.5) is 5.13 Å². The number of nitrogens with one attached hydrogen (secondary N) is 1. The Morgan fingerprint density at radius 1 is 1.55 bits per heavy atom. The molecule has 1 saturated heterocycles. The Balaban J connectivity index is 2.08. The van der Waals surface area contributed by atoms with Gasteiger partial charge in [-0.2, -0.15) is 0 Å². The number of hydrogen-bond donors (Lipinski definition) is 1. The highest BCUT2D eigenvalue weighted by Crippen LogP contribution is 2.28. The van der Waals surface area contributed by atoms with Crippen molar-refractivity contribution in [3.63, 3.8) is 0 Å². The predicted octanol–water partition coefficient (Wildman–Crippen LogP) is 1.75. The summed E-state index contributed by atoms with van der Waals surface area (Å²) in [6.45, 7) is 11.4. The molecule has 0 spiro atoms. The molecular weight excluding hydrogens is 274 g/mol. The second kappa shape index (κ2) is 6.10. The third-order valence-corrected chi connectivity index (χ3v) is 4.55. The van der Waals surface area contributed by atoms with Crippen LogP contribution in [0.3, 0.4) is 0 Å². The molecule has 0 radical (unpaired) electrons. The van der Waals surface area contributed by atoms with Crippen molar-refractivity contribution >= 4 is 22.4 Å². The van der Waals surface area contributed by atoms with Gasteiger partial charge in [0, 0.05) is 30.1 Å². The van der Waals surface area contributed by atoms with Crippen molar-refractivity contribution < 1.29 is 9.53 Å². The summed E-state index contributed by atoms with van der Waals surface area (Å²) in [6.07, 6.45) is 0.326. The maximum absolute atomic E-state index is 11.6. The number of carbonyl (C=O) groups excluding carboxylic acids is 1. The highest BCUT2D eigenvalue weighted by Gasteiger charge is 2.27. The first-order valence-electron chi connectivity index (χ1n) is 7.03. The third kappa shape index (κ3) is 3.70. The molecule has 1 N–H and O–H groups in total. The van der Waals surface area contributed by atoms with E-state index in [0.717, 1.165) is 35.3 Å². The smallest absolute Gasteiger partial charge is 0.311 e. The molecule has 2 rings (SSSR count). The number of thiazole rings is 1. The van der Waals surface area contributed by atoms with E-state index in [4.69, 9.17) is 4.74 Å². The first-order chi connectivity index (χ1) is 9.41. The van der Waals surface area contributed by atoms with Gasteiger partial charge in [-0.15, -0.1) is 11.3 Å². The third-order valence-electron chi connectivity index (χ3n) is 3.33. The van der Waals surface area contributed by atoms with Crippen LogP contribution in [0, 0.1) is 6.92 Å². The zero-order valence-electron chi connectivity index (χ0n) is 12.7. The van der Waals surface area contributed by atoms with E-state index in [1.54, 1.807) is 11.3 Å². The van der Waals surface area contributed by atoms with Crippen molar-refractivity contribution in [3.05, 3.63) is 10.6 Å². The molecule has 1 aromatic rings. The Hall–Kier alpha value is -1.14. The minimum atomic E-state index is -0.175. The average molecular weight is 297 g/mol. The molecule has 0 aromatic carbocycles. The minimum absolute atomic E-state index is 0.0964. The van der Waals surface area contributed by atoms with E-state index in [0.29, 0.717) is 13.0 Å². The van der Waals surface area contributed by atoms with E-state index in [1.807, 2.05) is 13.8 Å². The van der Waals surface area contributed by atoms with Crippen LogP contribution in [-0.2, 0) is 16.0 Å². The van der Waals surface area contributed by atoms with E-state index in [9.17, 15) is 4.79 Å². The number of nitrogens with zero attached hydrogens (tertiary/aromatic N) is 2. The second-order valence-electron chi connectivity index (χ2n) is 5.72. The minimum Gasteiger partial charge on any atom is -0.466 e. The van der Waals surface area contributed by atoms with Gasteiger partial charge in [-0.1, -0.05) is 0 Å². The SMILES string of the molecule is CCOC(=O)Cc1sc(N2CCNC(C)(C)C2)nc1C. The second-order valence-corrected chi connectivity index (χ2v) is 6.78. The van der Waals surface area contributed by atoms with Crippen molar-refractivity contribution in [2.45, 2.75) is 39.7 Å². The molecule has 0 unspecified atom stereocenters. The van der Waals surface area contributed by atoms with Crippen LogP contribution >= 0.6 is 11.3 Å². The molecule has 112 valence electrons. The molecule has 6 heteroatoms. The van der Waals surface area contributed by atoms with Gasteiger partial charge in [-0.05, 0) is 27.7 Å². The summed E-state index contributed by atoms with van der Waals surface area (Å²) in [5.41, 5.74) is 1.04. The topological polar surface area (TPSA) is 54.5 Å². The van der Waals surface area contributed by atoms with Gasteiger partial charge in [0.15, 0.2) is 5.13 Å². The molecule has 0 aliphatic carbocycles. The summed E-state index contributed by atoms with van der Waals surface area (Å²) in [5, 5.41) is 4.50. The monoisotopic (exact) mass is 297 g/mol. The Morgan fingerprint density at radius 3 is 2.95 bits per heavy atom. The first kappa shape index (κ1) is 15.3. The number of ether oxygens (including phenoxy) is 1. The number of aryl methyl sites for hydroxylation is 1. The van der Waals surface area contributed by atoms with Crippen LogP contribution in [-0.4, -0.2) is 42.7 Å². The van der Waals surface area contributed by atoms with E-state index in [1.165, 1.54) is 0 Å². The molecular formula is C14H23N3O2S. The quantitative estimate of drug-likeness (QED) is 0.858. The van der Waals surface area contributed by atoms with Gasteiger partial charge in [0.05, 0.1) is 18.7 Å². The fourth-order valence-corrected chi connectivity index (χ4v) is 3.43. The number of aromatic nitrogens is 1. The van der Waals surface area contributed by atoms with E-state index >= 15 is 0 Å². The van der Waals surface area contributed by atoms with E-state index < -0.39 is 0 Å². The van der Waals surface area contributed by atoms with Crippen LogP contribution in [0.25, 0.3) is 0 Å². The van der Waals surface area contributed by atoms with Crippen molar-refractivity contribution in [2.24, 2.45) is 0 Å². The zero-order chi connectivity index (χ0) is 14.8. The maximum atomic E-state index is 11.6. The van der Waals surface area contributed by atoms with Gasteiger partial charge in [-0.3, -0.25) is 4.79 Å². The molecule has 1 aliphatic rings. The molecule has 0 saturated carbocycles. The maximum Gasteiger partial charge on any atom is 0.311 e. The van der Waals surface area contributed by atoms with Gasteiger partial charge in [0.25, 0.3) is 0 Å². The predicted molar refractivity (Wildman–Crippen MR) is 81.5 cm³/mol. The molecule has 0 amide bonds. The van der Waals surface area contributed by atoms with Crippen LogP contribution < -0.4 is 10.2 Å². The molecule has 1 aromatic heterocycles. The van der Waals surface area contributed by atoms with Crippen molar-refractivity contribution in [1.29, 1.82) is 0 Å². The lowest BCUT2D eigenvalue weighted by atomic mass is 10.0. The Labute approximate surface area is 124 Å². The van der Waals surface area contributed by atoms with E-state index in [2.05, 4.69) is 29.0 Å². The molecule has 2 heterocycles. The number of carbonyl (C=O) groups is 1. The fraction of sp³-hybridized carbons (Fsp3) is 0.714. The molecule has 0 bridgehead atoms. The largest absolute Gasteiger partial charge is 0.466 e. The van der Waals surface area contributed by atoms with Gasteiger partial charge in [0.2, 0.25) is 0 Å². The van der Waals surface area contributed by atoms with Crippen molar-refractivity contribution in [1.82, 2.24) is 10.3 Å². The van der Waals surface area contributed by atoms with Crippen molar-refractivity contribution in [3.8, 4) is 0 Å². The normalized spacial score (nSPS) is 18.1. The van der Waals surface area contributed by atoms with E-state index in [-0.39, 0.29) is 11.5 Å². The number of anilines is 1. The molecule has 20 heavy (non-hydrogen) atoms. The highest BCUT2D eigenvalue weighted by atomic mass is 32.1. The van der Waals surface area contributed by atoms with Gasteiger partial charge >= 0.3 is 5.97 Å². The zero-order valence-corrected chi connectivity index (χ0v) is 13.5. The number of rotatable bonds is 4. The van der Waals surface area contributed by atoms with Crippen molar-refractivity contribution in [2.75, 3.05) is 31.1 Å². The summed E-state index contributed by atoms with van der Waals surface area (Å²) in [5.74, 6) is -0.175. The highest BCUT2D eigenvalue weighted by molar-refractivity contribution is 7.15. The summed E-state index contributed by atoms with van der Waals surface area (Å²) in [4.78, 5) is 19.5. The van der Waals surface area contributed by atoms with Crippen LogP contribution in [0.5, 0.6) is 0 Å². The van der Waals surface area contributed by atoms with Crippen LogP contribution in [0.1, 0.15) is 31.3 Å². The molecule has 0 atom stereocenters. The van der Waals surface area contributed by atoms with Gasteiger partial charge in [0.1, 0.15) is 0 Å². The Bertz CT molecular complexity index is 485. The van der Waals surface area contributed by atoms with Crippen LogP contribution in [0.15, 0.2) is 0 Å². The lowest BCUT2D eigenvalue weighted by Crippen LogP contribution is -2.57. The molecule has 1 aliphatic heterocycles. The summed E-state index contributed by atoms with van der Waals surface area (Å²) in [6, 6.07) is 0. The number of piperazine rings is 1. The lowest BCUT2D eigenvalue weighted by Gasteiger charge is -2.39. The molecule has 5 nitrogen and oxygen atoms in total. The summed E-state index contributed by atoms with van der Waals surface area (Å²) in [7, 11) is 0. The Morgan fingerprint density at radius 2 is 2.30 bits per heavy atom. The summed E-state index contributed by atoms with van der Waals surface area (Å²) < 4.78 is 5.00. The summed E-state index contributed by atoms with van der Waals surface area (Å²) >= 11 is 1.61. The first-order valence-corrected chi connectivity index (χ1v) is 7.85. The number of esters is 1. The number of hydrogen-bond acceptors (Lipinski definition) is 6. The fourth-order valence-electron chi connectivity index (χ4n) is 2.36. The van der Waals surface area contributed by atoms with Gasteiger partial charge in [-0.25, -0.2) is 4.98 Å².